The summed E-state index contributed by atoms with van der Waals surface area (Å²) in [5.41, 5.74) is 5.88. The molecule has 2 heterocycles. The molecule has 1 unspecified atom stereocenters. The molecular formula is C15H19ClN2OS. The number of halogens is 1. The lowest BCUT2D eigenvalue weighted by molar-refractivity contribution is 0.0782. The molecule has 1 aliphatic heterocycles. The van der Waals surface area contributed by atoms with Gasteiger partial charge in [-0.25, -0.2) is 0 Å². The van der Waals surface area contributed by atoms with E-state index in [0.29, 0.717) is 6.54 Å². The van der Waals surface area contributed by atoms with Gasteiger partial charge in [-0.15, -0.1) is 23.7 Å². The van der Waals surface area contributed by atoms with Crippen LogP contribution in [0.1, 0.15) is 23.0 Å². The van der Waals surface area contributed by atoms with Crippen LogP contribution in [0.2, 0.25) is 0 Å². The Hall–Kier alpha value is -1.10. The largest absolute Gasteiger partial charge is 0.337 e. The van der Waals surface area contributed by atoms with Gasteiger partial charge < -0.3 is 10.6 Å². The van der Waals surface area contributed by atoms with E-state index in [1.54, 1.807) is 11.3 Å². The average molecular weight is 311 g/mol. The minimum Gasteiger partial charge on any atom is -0.337 e. The molecule has 1 aliphatic rings. The number of rotatable bonds is 2. The third-order valence-corrected chi connectivity index (χ3v) is 5.08. The van der Waals surface area contributed by atoms with Crippen LogP contribution in [0.15, 0.2) is 30.3 Å². The van der Waals surface area contributed by atoms with Crippen molar-refractivity contribution >= 4 is 39.7 Å². The van der Waals surface area contributed by atoms with E-state index in [9.17, 15) is 4.79 Å². The second-order valence-electron chi connectivity index (χ2n) is 5.64. The van der Waals surface area contributed by atoms with Crippen LogP contribution < -0.4 is 5.73 Å². The zero-order valence-electron chi connectivity index (χ0n) is 11.5. The molecule has 20 heavy (non-hydrogen) atoms. The van der Waals surface area contributed by atoms with Crippen LogP contribution in [0.3, 0.4) is 0 Å². The molecule has 1 amide bonds. The van der Waals surface area contributed by atoms with Crippen molar-refractivity contribution in [2.24, 2.45) is 11.1 Å². The predicted octanol–water partition coefficient (Wildman–Crippen LogP) is 3.13. The van der Waals surface area contributed by atoms with E-state index in [1.807, 2.05) is 23.1 Å². The highest BCUT2D eigenvalue weighted by Crippen LogP contribution is 2.32. The second-order valence-corrected chi connectivity index (χ2v) is 6.72. The highest BCUT2D eigenvalue weighted by atomic mass is 35.5. The van der Waals surface area contributed by atoms with Crippen molar-refractivity contribution < 1.29 is 4.79 Å². The Morgan fingerprint density at radius 2 is 2.20 bits per heavy atom. The topological polar surface area (TPSA) is 46.3 Å². The molecule has 0 spiro atoms. The molecule has 2 N–H and O–H groups in total. The number of likely N-dealkylation sites (tertiary alicyclic amines) is 1. The van der Waals surface area contributed by atoms with Crippen molar-refractivity contribution in [2.75, 3.05) is 19.6 Å². The average Bonchev–Trinajstić information content (AvgIpc) is 3.02. The number of fused-ring (bicyclic) bond motifs is 1. The van der Waals surface area contributed by atoms with Crippen LogP contribution in [-0.2, 0) is 0 Å². The number of hydrogen-bond acceptors (Lipinski definition) is 3. The molecule has 0 radical (unpaired) electrons. The number of nitrogens with zero attached hydrogens (tertiary/aromatic N) is 1. The van der Waals surface area contributed by atoms with Crippen molar-refractivity contribution in [2.45, 2.75) is 13.3 Å². The molecule has 0 saturated carbocycles. The van der Waals surface area contributed by atoms with E-state index >= 15 is 0 Å². The van der Waals surface area contributed by atoms with Gasteiger partial charge in [-0.2, -0.15) is 0 Å². The van der Waals surface area contributed by atoms with Crippen molar-refractivity contribution in [3.05, 3.63) is 35.2 Å². The number of carbonyl (C=O) groups is 1. The highest BCUT2D eigenvalue weighted by molar-refractivity contribution is 7.20. The van der Waals surface area contributed by atoms with E-state index in [1.165, 1.54) is 4.70 Å². The van der Waals surface area contributed by atoms with Crippen LogP contribution in [0, 0.1) is 5.41 Å². The van der Waals surface area contributed by atoms with E-state index in [4.69, 9.17) is 5.73 Å². The summed E-state index contributed by atoms with van der Waals surface area (Å²) < 4.78 is 1.17. The number of nitrogens with two attached hydrogens (primary N) is 1. The molecular weight excluding hydrogens is 292 g/mol. The van der Waals surface area contributed by atoms with Gasteiger partial charge in [0.25, 0.3) is 5.91 Å². The molecule has 3 rings (SSSR count). The Morgan fingerprint density at radius 1 is 1.45 bits per heavy atom. The summed E-state index contributed by atoms with van der Waals surface area (Å²) in [6.07, 6.45) is 1.00. The third kappa shape index (κ3) is 2.68. The summed E-state index contributed by atoms with van der Waals surface area (Å²) in [7, 11) is 0. The Kier molecular flexibility index (Phi) is 4.37. The van der Waals surface area contributed by atoms with Gasteiger partial charge in [0.05, 0.1) is 4.88 Å². The van der Waals surface area contributed by atoms with E-state index < -0.39 is 0 Å². The smallest absolute Gasteiger partial charge is 0.263 e. The SMILES string of the molecule is CC1(CN)CCN(C(=O)c2cc3ccccc3s2)C1.Cl. The molecule has 0 bridgehead atoms. The molecule has 108 valence electrons. The lowest BCUT2D eigenvalue weighted by atomic mass is 9.90. The molecule has 1 aromatic heterocycles. The number of hydrogen-bond donors (Lipinski definition) is 1. The Bertz CT molecular complexity index is 594. The fourth-order valence-electron chi connectivity index (χ4n) is 2.61. The zero-order chi connectivity index (χ0) is 13.5. The summed E-state index contributed by atoms with van der Waals surface area (Å²) in [6, 6.07) is 10.1. The minimum absolute atomic E-state index is 0. The maximum absolute atomic E-state index is 12.5. The normalized spacial score (nSPS) is 22.0. The van der Waals surface area contributed by atoms with E-state index in [2.05, 4.69) is 19.1 Å². The Morgan fingerprint density at radius 3 is 2.85 bits per heavy atom. The zero-order valence-corrected chi connectivity index (χ0v) is 13.1. The maximum Gasteiger partial charge on any atom is 0.263 e. The van der Waals surface area contributed by atoms with Crippen LogP contribution in [0.4, 0.5) is 0 Å². The Labute approximate surface area is 129 Å². The standard InChI is InChI=1S/C15H18N2OS.ClH/c1-15(9-16)6-7-17(10-15)14(18)13-8-11-4-2-3-5-12(11)19-13;/h2-5,8H,6-7,9-10,16H2,1H3;1H. The molecule has 1 aromatic carbocycles. The molecule has 3 nitrogen and oxygen atoms in total. The number of carbonyl (C=O) groups excluding carboxylic acids is 1. The van der Waals surface area contributed by atoms with Gasteiger partial charge >= 0.3 is 0 Å². The number of thiophene rings is 1. The van der Waals surface area contributed by atoms with Gasteiger partial charge in [0.15, 0.2) is 0 Å². The fraction of sp³-hybridized carbons (Fsp3) is 0.400. The van der Waals surface area contributed by atoms with Crippen LogP contribution in [0.5, 0.6) is 0 Å². The predicted molar refractivity (Wildman–Crippen MR) is 86.8 cm³/mol. The summed E-state index contributed by atoms with van der Waals surface area (Å²) in [6.45, 7) is 4.39. The monoisotopic (exact) mass is 310 g/mol. The molecule has 5 heteroatoms. The van der Waals surface area contributed by atoms with Gasteiger partial charge in [-0.05, 0) is 35.9 Å². The minimum atomic E-state index is 0. The summed E-state index contributed by atoms with van der Waals surface area (Å²) in [5.74, 6) is 0.151. The second kappa shape index (κ2) is 5.72. The van der Waals surface area contributed by atoms with Gasteiger partial charge in [0, 0.05) is 17.8 Å². The van der Waals surface area contributed by atoms with Crippen molar-refractivity contribution in [3.63, 3.8) is 0 Å². The maximum atomic E-state index is 12.5. The first-order chi connectivity index (χ1) is 9.11. The van der Waals surface area contributed by atoms with E-state index in [-0.39, 0.29) is 23.7 Å². The molecule has 1 fully saturated rings. The molecule has 1 saturated heterocycles. The van der Waals surface area contributed by atoms with Crippen molar-refractivity contribution in [1.29, 1.82) is 0 Å². The highest BCUT2D eigenvalue weighted by Gasteiger charge is 2.35. The molecule has 0 aliphatic carbocycles. The Balaban J connectivity index is 0.00000147. The molecule has 2 aromatic rings. The van der Waals surface area contributed by atoms with Gasteiger partial charge in [0.2, 0.25) is 0 Å². The molecule has 1 atom stereocenters. The fourth-order valence-corrected chi connectivity index (χ4v) is 3.64. The number of amides is 1. The lowest BCUT2D eigenvalue weighted by Gasteiger charge is -2.22. The lowest BCUT2D eigenvalue weighted by Crippen LogP contribution is -2.34. The van der Waals surface area contributed by atoms with Crippen molar-refractivity contribution in [3.8, 4) is 0 Å². The summed E-state index contributed by atoms with van der Waals surface area (Å²) in [5, 5.41) is 1.15. The van der Waals surface area contributed by atoms with Gasteiger partial charge in [-0.3, -0.25) is 4.79 Å². The van der Waals surface area contributed by atoms with Crippen LogP contribution in [0.25, 0.3) is 10.1 Å². The number of benzene rings is 1. The van der Waals surface area contributed by atoms with Gasteiger partial charge in [-0.1, -0.05) is 25.1 Å². The van der Waals surface area contributed by atoms with Gasteiger partial charge in [0.1, 0.15) is 0 Å². The summed E-state index contributed by atoms with van der Waals surface area (Å²) in [4.78, 5) is 15.3. The van der Waals surface area contributed by atoms with Crippen LogP contribution in [-0.4, -0.2) is 30.4 Å². The first kappa shape index (κ1) is 15.3. The first-order valence-electron chi connectivity index (χ1n) is 6.59. The first-order valence-corrected chi connectivity index (χ1v) is 7.41. The van der Waals surface area contributed by atoms with Crippen LogP contribution >= 0.6 is 23.7 Å². The third-order valence-electron chi connectivity index (χ3n) is 3.97. The summed E-state index contributed by atoms with van der Waals surface area (Å²) >= 11 is 1.58. The van der Waals surface area contributed by atoms with E-state index in [0.717, 1.165) is 29.8 Å². The quantitative estimate of drug-likeness (QED) is 0.926. The van der Waals surface area contributed by atoms with Crippen molar-refractivity contribution in [1.82, 2.24) is 4.90 Å².